The van der Waals surface area contributed by atoms with Crippen LogP contribution in [-0.4, -0.2) is 21.8 Å². The van der Waals surface area contributed by atoms with Crippen molar-refractivity contribution in [2.45, 2.75) is 26.5 Å². The molecule has 0 unspecified atom stereocenters. The van der Waals surface area contributed by atoms with E-state index in [9.17, 15) is 0 Å². The number of aromatic amines is 1. The molecule has 5 rings (SSSR count). The van der Waals surface area contributed by atoms with Crippen molar-refractivity contribution in [2.75, 3.05) is 6.54 Å². The minimum atomic E-state index is 0.586. The fraction of sp³-hybridized carbons (Fsp3) is 0.192. The molecule has 1 N–H and O–H groups in total. The summed E-state index contributed by atoms with van der Waals surface area (Å²) in [6.45, 7) is 4.81. The first-order valence-electron chi connectivity index (χ1n) is 10.2. The molecule has 3 heteroatoms. The van der Waals surface area contributed by atoms with E-state index in [1.54, 1.807) is 0 Å². The SMILES string of the molecule is CC1=[N+](Cc2ccccc2)CCc2c1[nH]c1cc(OCc3ccccc3)ccc21. The van der Waals surface area contributed by atoms with Crippen molar-refractivity contribution in [1.82, 2.24) is 4.98 Å². The van der Waals surface area contributed by atoms with Gasteiger partial charge in [-0.25, -0.2) is 4.58 Å². The van der Waals surface area contributed by atoms with E-state index in [1.807, 2.05) is 18.2 Å². The standard InChI is InChI=1S/C26H24N2O/c1-19-26-24(14-15-28(19)17-20-8-4-2-5-9-20)23-13-12-22(16-25(23)27-26)29-18-21-10-6-3-7-11-21/h2-13,16H,14-15,17-18H2,1H3/p+1. The Kier molecular flexibility index (Phi) is 4.65. The molecule has 1 aliphatic rings. The number of nitrogens with one attached hydrogen (secondary N) is 1. The number of nitrogens with zero attached hydrogens (tertiary/aromatic N) is 1. The van der Waals surface area contributed by atoms with Crippen molar-refractivity contribution >= 4 is 16.6 Å². The van der Waals surface area contributed by atoms with Crippen LogP contribution < -0.4 is 4.74 Å². The Bertz CT molecular complexity index is 1170. The van der Waals surface area contributed by atoms with E-state index in [0.29, 0.717) is 6.61 Å². The molecule has 3 nitrogen and oxygen atoms in total. The Morgan fingerprint density at radius 3 is 2.38 bits per heavy atom. The first kappa shape index (κ1) is 17.7. The summed E-state index contributed by atoms with van der Waals surface area (Å²) < 4.78 is 8.49. The molecule has 0 atom stereocenters. The topological polar surface area (TPSA) is 28.0 Å². The molecule has 1 aliphatic heterocycles. The number of aromatic nitrogens is 1. The normalized spacial score (nSPS) is 13.6. The lowest BCUT2D eigenvalue weighted by molar-refractivity contribution is -0.545. The Labute approximate surface area is 171 Å². The van der Waals surface area contributed by atoms with Crippen LogP contribution in [0.3, 0.4) is 0 Å². The summed E-state index contributed by atoms with van der Waals surface area (Å²) in [4.78, 5) is 3.66. The third-order valence-electron chi connectivity index (χ3n) is 5.81. The molecule has 0 fully saturated rings. The monoisotopic (exact) mass is 381 g/mol. The van der Waals surface area contributed by atoms with Gasteiger partial charge in [0.05, 0.1) is 0 Å². The number of ether oxygens (including phenoxy) is 1. The predicted molar refractivity (Wildman–Crippen MR) is 118 cm³/mol. The first-order chi connectivity index (χ1) is 14.3. The van der Waals surface area contributed by atoms with Crippen LogP contribution in [0.1, 0.15) is 29.3 Å². The minimum absolute atomic E-state index is 0.586. The van der Waals surface area contributed by atoms with Crippen molar-refractivity contribution in [3.8, 4) is 5.75 Å². The Balaban J connectivity index is 1.42. The van der Waals surface area contributed by atoms with Gasteiger partial charge < -0.3 is 9.72 Å². The lowest BCUT2D eigenvalue weighted by Gasteiger charge is -2.14. The number of H-pyrrole nitrogens is 1. The van der Waals surface area contributed by atoms with Crippen molar-refractivity contribution < 1.29 is 9.31 Å². The molecule has 4 aromatic rings. The zero-order valence-corrected chi connectivity index (χ0v) is 16.7. The van der Waals surface area contributed by atoms with Gasteiger partial charge in [0, 0.05) is 35.9 Å². The second-order valence-corrected chi connectivity index (χ2v) is 7.70. The van der Waals surface area contributed by atoms with Gasteiger partial charge in [0.25, 0.3) is 0 Å². The highest BCUT2D eigenvalue weighted by Crippen LogP contribution is 2.29. The molecule has 1 aromatic heterocycles. The van der Waals surface area contributed by atoms with E-state index < -0.39 is 0 Å². The minimum Gasteiger partial charge on any atom is -0.489 e. The first-order valence-corrected chi connectivity index (χ1v) is 10.2. The van der Waals surface area contributed by atoms with E-state index in [1.165, 1.54) is 33.5 Å². The highest BCUT2D eigenvalue weighted by Gasteiger charge is 2.26. The average Bonchev–Trinajstić information content (AvgIpc) is 3.14. The van der Waals surface area contributed by atoms with Gasteiger partial charge >= 0.3 is 0 Å². The van der Waals surface area contributed by atoms with E-state index in [2.05, 4.69) is 77.1 Å². The lowest BCUT2D eigenvalue weighted by Crippen LogP contribution is -2.27. The number of benzene rings is 3. The summed E-state index contributed by atoms with van der Waals surface area (Å²) in [5.74, 6) is 0.902. The van der Waals surface area contributed by atoms with Crippen LogP contribution in [0, 0.1) is 0 Å². The third-order valence-corrected chi connectivity index (χ3v) is 5.81. The van der Waals surface area contributed by atoms with Gasteiger partial charge in [0.15, 0.2) is 12.3 Å². The van der Waals surface area contributed by atoms with Crippen LogP contribution >= 0.6 is 0 Å². The summed E-state index contributed by atoms with van der Waals surface area (Å²) in [5.41, 5.74) is 7.69. The van der Waals surface area contributed by atoms with Gasteiger partial charge in [0.2, 0.25) is 0 Å². The van der Waals surface area contributed by atoms with E-state index in [0.717, 1.165) is 30.8 Å². The van der Waals surface area contributed by atoms with Gasteiger partial charge in [-0.2, -0.15) is 0 Å². The summed E-state index contributed by atoms with van der Waals surface area (Å²) in [6, 6.07) is 27.4. The molecule has 144 valence electrons. The van der Waals surface area contributed by atoms with Gasteiger partial charge in [-0.15, -0.1) is 0 Å². The lowest BCUT2D eigenvalue weighted by atomic mass is 10.0. The van der Waals surface area contributed by atoms with Crippen LogP contribution in [0.15, 0.2) is 78.9 Å². The van der Waals surface area contributed by atoms with Gasteiger partial charge in [-0.1, -0.05) is 60.7 Å². The zero-order valence-electron chi connectivity index (χ0n) is 16.7. The predicted octanol–water partition coefficient (Wildman–Crippen LogP) is 5.32. The maximum atomic E-state index is 6.02. The van der Waals surface area contributed by atoms with Gasteiger partial charge in [0.1, 0.15) is 24.6 Å². The Morgan fingerprint density at radius 1 is 0.897 bits per heavy atom. The van der Waals surface area contributed by atoms with Crippen LogP contribution in [-0.2, 0) is 19.6 Å². The second-order valence-electron chi connectivity index (χ2n) is 7.70. The van der Waals surface area contributed by atoms with Crippen molar-refractivity contribution in [3.05, 3.63) is 101 Å². The van der Waals surface area contributed by atoms with Gasteiger partial charge in [-0.05, 0) is 23.3 Å². The molecule has 0 spiro atoms. The Hall–Kier alpha value is -3.33. The summed E-state index contributed by atoms with van der Waals surface area (Å²) in [5, 5.41) is 1.31. The highest BCUT2D eigenvalue weighted by atomic mass is 16.5. The smallest absolute Gasteiger partial charge is 0.197 e. The number of fused-ring (bicyclic) bond motifs is 3. The van der Waals surface area contributed by atoms with Crippen molar-refractivity contribution in [3.63, 3.8) is 0 Å². The average molecular weight is 381 g/mol. The van der Waals surface area contributed by atoms with Crippen molar-refractivity contribution in [1.29, 1.82) is 0 Å². The largest absolute Gasteiger partial charge is 0.489 e. The molecule has 0 saturated carbocycles. The second kappa shape index (κ2) is 7.59. The molecule has 0 bridgehead atoms. The van der Waals surface area contributed by atoms with Gasteiger partial charge in [-0.3, -0.25) is 0 Å². The molecule has 0 saturated heterocycles. The van der Waals surface area contributed by atoms with Crippen LogP contribution in [0.2, 0.25) is 0 Å². The maximum absolute atomic E-state index is 6.02. The quantitative estimate of drug-likeness (QED) is 0.465. The van der Waals surface area contributed by atoms with Crippen LogP contribution in [0.25, 0.3) is 10.9 Å². The van der Waals surface area contributed by atoms with Crippen LogP contribution in [0.5, 0.6) is 5.75 Å². The summed E-state index contributed by atoms with van der Waals surface area (Å²) >= 11 is 0. The third kappa shape index (κ3) is 3.56. The van der Waals surface area contributed by atoms with E-state index in [4.69, 9.17) is 4.74 Å². The molecule has 29 heavy (non-hydrogen) atoms. The fourth-order valence-electron chi connectivity index (χ4n) is 4.21. The molecule has 0 amide bonds. The molecular weight excluding hydrogens is 356 g/mol. The number of hydrogen-bond donors (Lipinski definition) is 1. The summed E-state index contributed by atoms with van der Waals surface area (Å²) in [6.07, 6.45) is 1.06. The fourth-order valence-corrected chi connectivity index (χ4v) is 4.21. The molecule has 0 aliphatic carbocycles. The maximum Gasteiger partial charge on any atom is 0.197 e. The molecule has 0 radical (unpaired) electrons. The zero-order chi connectivity index (χ0) is 19.6. The molecule has 2 heterocycles. The van der Waals surface area contributed by atoms with Crippen molar-refractivity contribution in [2.24, 2.45) is 0 Å². The Morgan fingerprint density at radius 2 is 1.62 bits per heavy atom. The highest BCUT2D eigenvalue weighted by molar-refractivity contribution is 6.02. The summed E-state index contributed by atoms with van der Waals surface area (Å²) in [7, 11) is 0. The number of rotatable bonds is 5. The molecule has 3 aromatic carbocycles. The van der Waals surface area contributed by atoms with E-state index in [-0.39, 0.29) is 0 Å². The molecular formula is C26H25N2O+. The number of hydrogen-bond acceptors (Lipinski definition) is 1. The van der Waals surface area contributed by atoms with E-state index >= 15 is 0 Å². The van der Waals surface area contributed by atoms with Crippen LogP contribution in [0.4, 0.5) is 0 Å².